The number of carbonyl (C=O) groups excluding carboxylic acids is 2. The van der Waals surface area contributed by atoms with Crippen LogP contribution in [0.25, 0.3) is 0 Å². The predicted molar refractivity (Wildman–Crippen MR) is 88.3 cm³/mol. The highest BCUT2D eigenvalue weighted by atomic mass is 16.5. The summed E-state index contributed by atoms with van der Waals surface area (Å²) in [5.74, 6) is 1.34. The van der Waals surface area contributed by atoms with Crippen molar-refractivity contribution < 1.29 is 14.3 Å². The number of hydrogen-bond donors (Lipinski definition) is 0. The van der Waals surface area contributed by atoms with Gasteiger partial charge in [0, 0.05) is 13.0 Å². The van der Waals surface area contributed by atoms with E-state index in [1.165, 1.54) is 6.42 Å². The molecule has 0 aromatic rings. The second-order valence-corrected chi connectivity index (χ2v) is 7.23. The van der Waals surface area contributed by atoms with Crippen molar-refractivity contribution in [1.82, 2.24) is 4.90 Å². The van der Waals surface area contributed by atoms with Gasteiger partial charge >= 0.3 is 5.97 Å². The van der Waals surface area contributed by atoms with Gasteiger partial charge in [-0.25, -0.2) is 4.79 Å². The largest absolute Gasteiger partial charge is 0.464 e. The number of likely N-dealkylation sites (N-methyl/N-ethyl adjacent to an activating group) is 1. The zero-order valence-corrected chi connectivity index (χ0v) is 15.1. The van der Waals surface area contributed by atoms with Crippen LogP contribution in [0.1, 0.15) is 60.3 Å². The van der Waals surface area contributed by atoms with Crippen LogP contribution in [-0.4, -0.2) is 36.5 Å². The third kappa shape index (κ3) is 4.72. The molecule has 1 amide bonds. The van der Waals surface area contributed by atoms with Crippen molar-refractivity contribution in [3.63, 3.8) is 0 Å². The second-order valence-electron chi connectivity index (χ2n) is 7.23. The van der Waals surface area contributed by atoms with E-state index in [1.54, 1.807) is 18.9 Å². The van der Waals surface area contributed by atoms with Crippen molar-refractivity contribution in [2.75, 3.05) is 13.7 Å². The fourth-order valence-electron chi connectivity index (χ4n) is 3.42. The normalized spacial score (nSPS) is 26.6. The predicted octanol–water partition coefficient (Wildman–Crippen LogP) is 3.49. The van der Waals surface area contributed by atoms with Crippen LogP contribution in [0.5, 0.6) is 0 Å². The van der Waals surface area contributed by atoms with E-state index in [-0.39, 0.29) is 17.8 Å². The molecule has 4 nitrogen and oxygen atoms in total. The third-order valence-corrected chi connectivity index (χ3v) is 5.06. The molecule has 0 spiro atoms. The lowest BCUT2D eigenvalue weighted by Crippen LogP contribution is -2.47. The first-order valence-electron chi connectivity index (χ1n) is 8.72. The maximum Gasteiger partial charge on any atom is 0.328 e. The molecule has 1 aliphatic carbocycles. The summed E-state index contributed by atoms with van der Waals surface area (Å²) in [7, 11) is 1.73. The van der Waals surface area contributed by atoms with Crippen LogP contribution in [0.2, 0.25) is 0 Å². The van der Waals surface area contributed by atoms with Crippen molar-refractivity contribution in [2.45, 2.75) is 66.3 Å². The third-order valence-electron chi connectivity index (χ3n) is 5.06. The Kier molecular flexibility index (Phi) is 7.37. The van der Waals surface area contributed by atoms with Crippen LogP contribution in [-0.2, 0) is 14.3 Å². The number of esters is 1. The van der Waals surface area contributed by atoms with Gasteiger partial charge in [0.15, 0.2) is 0 Å². The molecular weight excluding hydrogens is 278 g/mol. The Morgan fingerprint density at radius 1 is 1.23 bits per heavy atom. The van der Waals surface area contributed by atoms with E-state index >= 15 is 0 Å². The number of carbonyl (C=O) groups is 2. The summed E-state index contributed by atoms with van der Waals surface area (Å²) in [5.41, 5.74) is 0. The molecule has 1 unspecified atom stereocenters. The van der Waals surface area contributed by atoms with Gasteiger partial charge in [0.1, 0.15) is 6.04 Å². The van der Waals surface area contributed by atoms with Gasteiger partial charge in [-0.05, 0) is 43.9 Å². The lowest BCUT2D eigenvalue weighted by molar-refractivity contribution is -0.156. The second kappa shape index (κ2) is 8.54. The smallest absolute Gasteiger partial charge is 0.328 e. The van der Waals surface area contributed by atoms with Crippen LogP contribution in [0.15, 0.2) is 0 Å². The Hall–Kier alpha value is -1.06. The molecule has 0 bridgehead atoms. The molecule has 1 aliphatic rings. The topological polar surface area (TPSA) is 46.6 Å². The van der Waals surface area contributed by atoms with Crippen LogP contribution < -0.4 is 0 Å². The minimum atomic E-state index is -0.510. The Morgan fingerprint density at radius 2 is 1.86 bits per heavy atom. The van der Waals surface area contributed by atoms with Crippen molar-refractivity contribution in [2.24, 2.45) is 23.7 Å². The summed E-state index contributed by atoms with van der Waals surface area (Å²) in [4.78, 5) is 26.5. The monoisotopic (exact) mass is 311 g/mol. The minimum Gasteiger partial charge on any atom is -0.464 e. The van der Waals surface area contributed by atoms with E-state index in [9.17, 15) is 9.59 Å². The number of hydrogen-bond acceptors (Lipinski definition) is 3. The van der Waals surface area contributed by atoms with E-state index in [1.807, 2.05) is 6.92 Å². The standard InChI is InChI=1S/C18H33NO3/c1-7-10-22-18(21)14(5)19(6)17(20)16-11-13(4)8-9-15(16)12(2)3/h12-16H,7-11H2,1-6H3/t13-,14?,15+,16-/m1/s1. The average molecular weight is 311 g/mol. The average Bonchev–Trinajstić information content (AvgIpc) is 2.49. The highest BCUT2D eigenvalue weighted by molar-refractivity contribution is 5.85. The summed E-state index contributed by atoms with van der Waals surface area (Å²) >= 11 is 0. The number of rotatable bonds is 6. The van der Waals surface area contributed by atoms with E-state index in [0.717, 1.165) is 19.3 Å². The van der Waals surface area contributed by atoms with E-state index in [2.05, 4.69) is 20.8 Å². The van der Waals surface area contributed by atoms with Gasteiger partial charge in [-0.3, -0.25) is 4.79 Å². The fourth-order valence-corrected chi connectivity index (χ4v) is 3.42. The molecule has 128 valence electrons. The van der Waals surface area contributed by atoms with Gasteiger partial charge in [-0.15, -0.1) is 0 Å². The van der Waals surface area contributed by atoms with Crippen LogP contribution in [0, 0.1) is 23.7 Å². The van der Waals surface area contributed by atoms with Gasteiger partial charge < -0.3 is 9.64 Å². The number of amides is 1. The fraction of sp³-hybridized carbons (Fsp3) is 0.889. The van der Waals surface area contributed by atoms with Crippen molar-refractivity contribution >= 4 is 11.9 Å². The summed E-state index contributed by atoms with van der Waals surface area (Å²) in [5, 5.41) is 0. The molecule has 1 fully saturated rings. The lowest BCUT2D eigenvalue weighted by Gasteiger charge is -2.39. The molecule has 0 heterocycles. The number of ether oxygens (including phenoxy) is 1. The first kappa shape index (κ1) is 19.0. The van der Waals surface area contributed by atoms with Gasteiger partial charge in [-0.1, -0.05) is 34.1 Å². The Labute approximate surface area is 135 Å². The highest BCUT2D eigenvalue weighted by Crippen LogP contribution is 2.39. The summed E-state index contributed by atoms with van der Waals surface area (Å²) in [6.45, 7) is 10.7. The SMILES string of the molecule is CCCOC(=O)C(C)N(C)C(=O)[C@@H]1C[C@H](C)CC[C@H]1C(C)C. The van der Waals surface area contributed by atoms with E-state index in [4.69, 9.17) is 4.74 Å². The Morgan fingerprint density at radius 3 is 2.41 bits per heavy atom. The van der Waals surface area contributed by atoms with Gasteiger partial charge in [0.05, 0.1) is 6.61 Å². The van der Waals surface area contributed by atoms with Crippen LogP contribution in [0.4, 0.5) is 0 Å². The van der Waals surface area contributed by atoms with E-state index < -0.39 is 6.04 Å². The first-order valence-corrected chi connectivity index (χ1v) is 8.72. The molecule has 4 atom stereocenters. The summed E-state index contributed by atoms with van der Waals surface area (Å²) in [6, 6.07) is -0.510. The summed E-state index contributed by atoms with van der Waals surface area (Å²) in [6.07, 6.45) is 4.04. The maximum atomic E-state index is 12.9. The number of nitrogens with zero attached hydrogens (tertiary/aromatic N) is 1. The minimum absolute atomic E-state index is 0.0372. The molecule has 1 rings (SSSR count). The molecule has 0 saturated heterocycles. The molecule has 4 heteroatoms. The Balaban J connectivity index is 2.75. The van der Waals surface area contributed by atoms with Crippen molar-refractivity contribution in [1.29, 1.82) is 0 Å². The zero-order valence-electron chi connectivity index (χ0n) is 15.1. The zero-order chi connectivity index (χ0) is 16.9. The van der Waals surface area contributed by atoms with Gasteiger partial charge in [0.2, 0.25) is 5.91 Å². The molecule has 0 aromatic heterocycles. The first-order chi connectivity index (χ1) is 10.3. The van der Waals surface area contributed by atoms with Crippen LogP contribution in [0.3, 0.4) is 0 Å². The molecule has 1 saturated carbocycles. The highest BCUT2D eigenvalue weighted by Gasteiger charge is 2.38. The van der Waals surface area contributed by atoms with Crippen molar-refractivity contribution in [3.05, 3.63) is 0 Å². The maximum absolute atomic E-state index is 12.9. The Bertz CT molecular complexity index is 381. The van der Waals surface area contributed by atoms with E-state index in [0.29, 0.717) is 24.4 Å². The molecular formula is C18H33NO3. The molecule has 0 aromatic carbocycles. The molecule has 0 radical (unpaired) electrons. The quantitative estimate of drug-likeness (QED) is 0.705. The van der Waals surface area contributed by atoms with Crippen molar-refractivity contribution in [3.8, 4) is 0 Å². The molecule has 22 heavy (non-hydrogen) atoms. The van der Waals surface area contributed by atoms with Gasteiger partial charge in [-0.2, -0.15) is 0 Å². The lowest BCUT2D eigenvalue weighted by atomic mass is 9.69. The summed E-state index contributed by atoms with van der Waals surface area (Å²) < 4.78 is 5.17. The van der Waals surface area contributed by atoms with Crippen LogP contribution >= 0.6 is 0 Å². The molecule has 0 aliphatic heterocycles. The molecule has 0 N–H and O–H groups in total. The van der Waals surface area contributed by atoms with Gasteiger partial charge in [0.25, 0.3) is 0 Å².